The van der Waals surface area contributed by atoms with Gasteiger partial charge in [0.15, 0.2) is 0 Å². The summed E-state index contributed by atoms with van der Waals surface area (Å²) in [6.45, 7) is 36.6. The Kier molecular flexibility index (Phi) is 16.2. The lowest BCUT2D eigenvalue weighted by atomic mass is 9.74. The molecule has 9 heteroatoms. The summed E-state index contributed by atoms with van der Waals surface area (Å²) in [6.07, 6.45) is 12.9. The second-order valence-corrected chi connectivity index (χ2v) is 23.9. The Morgan fingerprint density at radius 2 is 1.33 bits per heavy atom. The van der Waals surface area contributed by atoms with Crippen LogP contribution in [-0.2, 0) is 11.2 Å². The van der Waals surface area contributed by atoms with Crippen LogP contribution < -0.4 is 30.2 Å². The molecule has 3 N–H and O–H groups in total. The lowest BCUT2D eigenvalue weighted by Gasteiger charge is -2.46. The van der Waals surface area contributed by atoms with Crippen molar-refractivity contribution < 1.29 is 18.9 Å². The summed E-state index contributed by atoms with van der Waals surface area (Å²) in [7, 11) is 0. The van der Waals surface area contributed by atoms with Gasteiger partial charge in [-0.2, -0.15) is 0 Å². The summed E-state index contributed by atoms with van der Waals surface area (Å²) in [5.74, 6) is 2.52. The van der Waals surface area contributed by atoms with Crippen molar-refractivity contribution in [2.75, 3.05) is 32.8 Å². The topological polar surface area (TPSA) is 89.1 Å². The molecular formula is C51H87N5O4. The van der Waals surface area contributed by atoms with Gasteiger partial charge in [-0.3, -0.25) is 4.90 Å². The molecule has 1 saturated heterocycles. The summed E-state index contributed by atoms with van der Waals surface area (Å²) >= 11 is 0. The highest BCUT2D eigenvalue weighted by molar-refractivity contribution is 5.33. The maximum absolute atomic E-state index is 6.76. The second kappa shape index (κ2) is 20.0. The average molecular weight is 834 g/mol. The average Bonchev–Trinajstić information content (AvgIpc) is 3.52. The molecule has 9 nitrogen and oxygen atoms in total. The summed E-state index contributed by atoms with van der Waals surface area (Å²) in [4.78, 5) is 7.14. The number of likely N-dealkylation sites (tertiary alicyclic amines) is 1. The van der Waals surface area contributed by atoms with E-state index in [0.29, 0.717) is 24.7 Å². The maximum atomic E-state index is 6.76. The van der Waals surface area contributed by atoms with Crippen LogP contribution in [-0.4, -0.2) is 95.3 Å². The van der Waals surface area contributed by atoms with Gasteiger partial charge in [0.05, 0.1) is 18.8 Å². The first-order valence-corrected chi connectivity index (χ1v) is 23.5. The van der Waals surface area contributed by atoms with Crippen molar-refractivity contribution in [1.82, 2.24) is 25.8 Å². The van der Waals surface area contributed by atoms with Crippen LogP contribution in [0.5, 0.6) is 17.4 Å². The zero-order chi connectivity index (χ0) is 44.0. The van der Waals surface area contributed by atoms with Gasteiger partial charge in [0.25, 0.3) is 0 Å². The van der Waals surface area contributed by atoms with Gasteiger partial charge in [-0.25, -0.2) is 4.98 Å². The number of aromatic nitrogens is 1. The molecule has 3 aliphatic rings. The van der Waals surface area contributed by atoms with Crippen molar-refractivity contribution in [3.05, 3.63) is 48.2 Å². The van der Waals surface area contributed by atoms with Gasteiger partial charge in [-0.1, -0.05) is 40.7 Å². The van der Waals surface area contributed by atoms with Crippen molar-refractivity contribution in [2.45, 2.75) is 214 Å². The Hall–Kier alpha value is -2.43. The summed E-state index contributed by atoms with van der Waals surface area (Å²) in [6, 6.07) is 14.0. The number of hydrogen-bond donors (Lipinski definition) is 3. The third-order valence-corrected chi connectivity index (χ3v) is 12.3. The van der Waals surface area contributed by atoms with E-state index in [4.69, 9.17) is 18.9 Å². The van der Waals surface area contributed by atoms with Crippen LogP contribution in [0, 0.1) is 10.8 Å². The molecular weight excluding hydrogens is 747 g/mol. The number of pyridine rings is 1. The summed E-state index contributed by atoms with van der Waals surface area (Å²) < 4.78 is 25.6. The van der Waals surface area contributed by atoms with E-state index in [-0.39, 0.29) is 45.3 Å². The highest BCUT2D eigenvalue weighted by atomic mass is 16.5. The van der Waals surface area contributed by atoms with Gasteiger partial charge in [0, 0.05) is 66.2 Å². The normalized spacial score (nSPS) is 24.1. The van der Waals surface area contributed by atoms with Gasteiger partial charge in [-0.05, 0) is 168 Å². The minimum Gasteiger partial charge on any atom is -0.493 e. The Morgan fingerprint density at radius 1 is 0.700 bits per heavy atom. The molecule has 0 bridgehead atoms. The fourth-order valence-electron chi connectivity index (χ4n) is 9.28. The van der Waals surface area contributed by atoms with Crippen LogP contribution in [0.3, 0.4) is 0 Å². The van der Waals surface area contributed by atoms with Gasteiger partial charge >= 0.3 is 0 Å². The molecule has 340 valence electrons. The van der Waals surface area contributed by atoms with Crippen LogP contribution in [0.2, 0.25) is 0 Å². The van der Waals surface area contributed by atoms with E-state index in [1.165, 1.54) is 12.0 Å². The molecule has 1 aromatic carbocycles. The van der Waals surface area contributed by atoms with Crippen LogP contribution in [0.25, 0.3) is 0 Å². The molecule has 0 spiro atoms. The molecule has 1 aromatic heterocycles. The molecule has 0 amide bonds. The smallest absolute Gasteiger partial charge is 0.213 e. The summed E-state index contributed by atoms with van der Waals surface area (Å²) in [5.41, 5.74) is 1.49. The van der Waals surface area contributed by atoms with E-state index in [1.807, 2.05) is 24.4 Å². The second-order valence-electron chi connectivity index (χ2n) is 23.9. The molecule has 2 aliphatic carbocycles. The molecule has 3 fully saturated rings. The Labute approximate surface area is 366 Å². The van der Waals surface area contributed by atoms with E-state index < -0.39 is 0 Å². The molecule has 60 heavy (non-hydrogen) atoms. The van der Waals surface area contributed by atoms with Crippen molar-refractivity contribution in [2.24, 2.45) is 10.8 Å². The summed E-state index contributed by atoms with van der Waals surface area (Å²) in [5, 5.41) is 11.7. The Balaban J connectivity index is 1.14. The van der Waals surface area contributed by atoms with E-state index in [1.54, 1.807) is 0 Å². The van der Waals surface area contributed by atoms with Gasteiger partial charge in [0.2, 0.25) is 5.88 Å². The van der Waals surface area contributed by atoms with E-state index in [2.05, 4.69) is 141 Å². The van der Waals surface area contributed by atoms with Crippen LogP contribution in [0.4, 0.5) is 0 Å². The Morgan fingerprint density at radius 3 is 2.00 bits per heavy atom. The molecule has 1 aliphatic heterocycles. The number of rotatable bonds is 22. The van der Waals surface area contributed by atoms with Gasteiger partial charge in [-0.15, -0.1) is 0 Å². The highest BCUT2D eigenvalue weighted by Crippen LogP contribution is 2.38. The molecule has 0 radical (unpaired) electrons. The van der Waals surface area contributed by atoms with Crippen LogP contribution in [0.1, 0.15) is 160 Å². The first kappa shape index (κ1) is 48.6. The minimum atomic E-state index is -0.265. The van der Waals surface area contributed by atoms with Crippen molar-refractivity contribution in [3.8, 4) is 17.4 Å². The van der Waals surface area contributed by atoms with E-state index in [9.17, 15) is 0 Å². The van der Waals surface area contributed by atoms with Crippen molar-refractivity contribution in [3.63, 3.8) is 0 Å². The fourth-order valence-corrected chi connectivity index (χ4v) is 9.28. The third-order valence-electron chi connectivity index (χ3n) is 12.3. The van der Waals surface area contributed by atoms with E-state index in [0.717, 1.165) is 101 Å². The molecule has 2 aromatic rings. The Bertz CT molecular complexity index is 1610. The first-order valence-electron chi connectivity index (χ1n) is 23.5. The quantitative estimate of drug-likeness (QED) is 0.107. The van der Waals surface area contributed by atoms with Crippen molar-refractivity contribution in [1.29, 1.82) is 0 Å². The predicted molar refractivity (Wildman–Crippen MR) is 249 cm³/mol. The third kappa shape index (κ3) is 17.4. The lowest BCUT2D eigenvalue weighted by Crippen LogP contribution is -2.58. The predicted octanol–water partition coefficient (Wildman–Crippen LogP) is 10.1. The monoisotopic (exact) mass is 834 g/mol. The zero-order valence-corrected chi connectivity index (χ0v) is 40.6. The van der Waals surface area contributed by atoms with Crippen molar-refractivity contribution >= 4 is 0 Å². The molecule has 5 rings (SSSR count). The zero-order valence-electron chi connectivity index (χ0n) is 40.6. The minimum absolute atomic E-state index is 0.0906. The standard InChI is InChI=1S/C51H87N5O4/c1-46(2,3)36-57-41-16-15-17-42(33-41)59-43-31-40(32-43)55-51(14,35-50(12,13)58-27-26-56-25-20-38(34-56)53-47(4,5)6)23-22-49(10,11)21-18-37-19-24-52-45(28-37)60-44-29-39(30-44)54-48(7,8)9/h15-17,19,24,28,33,38-40,43-44,53-55H,18,20-23,25-27,29-32,34-36H2,1-14H3/t38-,39?,40?,43?,44?,51?/m0/s1. The largest absolute Gasteiger partial charge is 0.493 e. The number of nitrogens with one attached hydrogen (secondary N) is 3. The van der Waals surface area contributed by atoms with E-state index >= 15 is 0 Å². The number of aryl methyl sites for hydroxylation is 1. The molecule has 2 atom stereocenters. The molecule has 2 saturated carbocycles. The van der Waals surface area contributed by atoms with Crippen LogP contribution >= 0.6 is 0 Å². The lowest BCUT2D eigenvalue weighted by molar-refractivity contribution is -0.0527. The van der Waals surface area contributed by atoms with Gasteiger partial charge in [0.1, 0.15) is 23.7 Å². The first-order chi connectivity index (χ1) is 27.8. The number of hydrogen-bond acceptors (Lipinski definition) is 9. The number of ether oxygens (including phenoxy) is 4. The number of nitrogens with zero attached hydrogens (tertiary/aromatic N) is 2. The number of benzene rings is 1. The fraction of sp³-hybridized carbons (Fsp3) is 0.784. The van der Waals surface area contributed by atoms with Crippen LogP contribution in [0.15, 0.2) is 42.6 Å². The highest BCUT2D eigenvalue weighted by Gasteiger charge is 2.41. The maximum Gasteiger partial charge on any atom is 0.213 e. The molecule has 2 heterocycles. The van der Waals surface area contributed by atoms with Gasteiger partial charge < -0.3 is 34.9 Å². The molecule has 1 unspecified atom stereocenters. The SMILES string of the molecule is CC(C)(C)COc1cccc(OC2CC(NC(C)(CCC(C)(C)CCc3ccnc(OC4CC(NC(C)(C)C)C4)c3)CC(C)(C)OCCN3CC[C@H](NC(C)(C)C)C3)C2)c1.